The van der Waals surface area contributed by atoms with Gasteiger partial charge < -0.3 is 4.42 Å². The molecule has 3 aromatic rings. The second kappa shape index (κ2) is 4.83. The lowest BCUT2D eigenvalue weighted by Gasteiger charge is -1.96. The van der Waals surface area contributed by atoms with Crippen LogP contribution >= 0.6 is 47.8 Å². The van der Waals surface area contributed by atoms with Gasteiger partial charge in [-0.3, -0.25) is 0 Å². The average molecular weight is 431 g/mol. The lowest BCUT2D eigenvalue weighted by molar-refractivity contribution is 0.629. The Morgan fingerprint density at radius 2 is 1.50 bits per heavy atom. The maximum absolute atomic E-state index is 5.90. The highest BCUT2D eigenvalue weighted by molar-refractivity contribution is 9.11. The average Bonchev–Trinajstić information content (AvgIpc) is 2.74. The summed E-state index contributed by atoms with van der Waals surface area (Å²) in [4.78, 5) is 0. The highest BCUT2D eigenvalue weighted by Crippen LogP contribution is 2.34. The Bertz CT molecular complexity index is 714. The highest BCUT2D eigenvalue weighted by atomic mass is 79.9. The van der Waals surface area contributed by atoms with E-state index in [0.717, 1.165) is 35.7 Å². The highest BCUT2D eigenvalue weighted by Gasteiger charge is 2.09. The molecule has 2 aromatic carbocycles. The maximum Gasteiger partial charge on any atom is 0.149 e. The summed E-state index contributed by atoms with van der Waals surface area (Å²) in [5, 5.41) is 1.08. The van der Waals surface area contributed by atoms with Gasteiger partial charge in [0.05, 0.1) is 4.47 Å². The van der Waals surface area contributed by atoms with Gasteiger partial charge in [0, 0.05) is 19.9 Å². The number of rotatable bonds is 1. The van der Waals surface area contributed by atoms with Crippen molar-refractivity contribution < 1.29 is 4.42 Å². The molecule has 0 fully saturated rings. The number of fused-ring (bicyclic) bond motifs is 1. The molecule has 90 valence electrons. The van der Waals surface area contributed by atoms with E-state index >= 15 is 0 Å². The van der Waals surface area contributed by atoms with Gasteiger partial charge in [0.15, 0.2) is 0 Å². The van der Waals surface area contributed by atoms with Crippen LogP contribution in [0, 0.1) is 0 Å². The van der Waals surface area contributed by atoms with E-state index in [0.29, 0.717) is 0 Å². The van der Waals surface area contributed by atoms with Crippen molar-refractivity contribution in [2.75, 3.05) is 0 Å². The zero-order valence-corrected chi connectivity index (χ0v) is 13.8. The Kier molecular flexibility index (Phi) is 3.34. The van der Waals surface area contributed by atoms with Gasteiger partial charge in [0.1, 0.15) is 11.3 Å². The summed E-state index contributed by atoms with van der Waals surface area (Å²) in [6.07, 6.45) is 0. The first-order valence-electron chi connectivity index (χ1n) is 5.28. The predicted octanol–water partition coefficient (Wildman–Crippen LogP) is 6.39. The number of furan rings is 1. The Morgan fingerprint density at radius 1 is 0.778 bits per heavy atom. The molecule has 3 rings (SSSR count). The van der Waals surface area contributed by atoms with Crippen LogP contribution in [0.1, 0.15) is 0 Å². The first-order valence-corrected chi connectivity index (χ1v) is 7.66. The van der Waals surface area contributed by atoms with Crippen LogP contribution in [-0.4, -0.2) is 0 Å². The molecule has 4 heteroatoms. The van der Waals surface area contributed by atoms with Crippen LogP contribution in [0.5, 0.6) is 0 Å². The maximum atomic E-state index is 5.90. The Morgan fingerprint density at radius 3 is 2.22 bits per heavy atom. The molecular weight excluding hydrogens is 424 g/mol. The van der Waals surface area contributed by atoms with Crippen LogP contribution in [0.25, 0.3) is 22.3 Å². The van der Waals surface area contributed by atoms with Crippen molar-refractivity contribution in [3.8, 4) is 11.3 Å². The Balaban J connectivity index is 2.19. The summed E-state index contributed by atoms with van der Waals surface area (Å²) < 4.78 is 8.94. The lowest BCUT2D eigenvalue weighted by Crippen LogP contribution is -1.71. The van der Waals surface area contributed by atoms with Crippen molar-refractivity contribution in [3.63, 3.8) is 0 Å². The van der Waals surface area contributed by atoms with Gasteiger partial charge in [-0.15, -0.1) is 0 Å². The third kappa shape index (κ3) is 2.29. The van der Waals surface area contributed by atoms with Crippen molar-refractivity contribution in [1.82, 2.24) is 0 Å². The molecule has 1 aromatic heterocycles. The smallest absolute Gasteiger partial charge is 0.149 e. The molecule has 0 amide bonds. The molecular formula is C14H7Br3O. The standard InChI is InChI=1S/C14H7Br3O/c15-10-3-1-8(2-4-10)13-6-9-5-11(16)7-12(17)14(9)18-13/h1-7H. The van der Waals surface area contributed by atoms with Crippen molar-refractivity contribution in [3.05, 3.63) is 55.9 Å². The fourth-order valence-corrected chi connectivity index (χ4v) is 3.44. The summed E-state index contributed by atoms with van der Waals surface area (Å²) in [5.74, 6) is 0.872. The first-order chi connectivity index (χ1) is 8.63. The van der Waals surface area contributed by atoms with Crippen LogP contribution in [0.3, 0.4) is 0 Å². The van der Waals surface area contributed by atoms with E-state index in [-0.39, 0.29) is 0 Å². The molecule has 1 heterocycles. The van der Waals surface area contributed by atoms with E-state index in [1.54, 1.807) is 0 Å². The minimum Gasteiger partial charge on any atom is -0.455 e. The molecule has 0 spiro atoms. The fraction of sp³-hybridized carbons (Fsp3) is 0. The number of hydrogen-bond donors (Lipinski definition) is 0. The topological polar surface area (TPSA) is 13.1 Å². The van der Waals surface area contributed by atoms with Crippen molar-refractivity contribution in [2.45, 2.75) is 0 Å². The van der Waals surface area contributed by atoms with Crippen LogP contribution in [0.2, 0.25) is 0 Å². The fourth-order valence-electron chi connectivity index (χ4n) is 1.83. The molecule has 0 aliphatic carbocycles. The molecule has 0 N–H and O–H groups in total. The van der Waals surface area contributed by atoms with Crippen LogP contribution in [-0.2, 0) is 0 Å². The third-order valence-corrected chi connectivity index (χ3v) is 4.24. The largest absolute Gasteiger partial charge is 0.455 e. The zero-order valence-electron chi connectivity index (χ0n) is 9.08. The summed E-state index contributed by atoms with van der Waals surface area (Å²) >= 11 is 10.4. The van der Waals surface area contributed by atoms with Gasteiger partial charge >= 0.3 is 0 Å². The number of halogens is 3. The summed E-state index contributed by atoms with van der Waals surface area (Å²) in [6, 6.07) is 14.2. The van der Waals surface area contributed by atoms with E-state index in [9.17, 15) is 0 Å². The molecule has 0 atom stereocenters. The van der Waals surface area contributed by atoms with E-state index < -0.39 is 0 Å². The summed E-state index contributed by atoms with van der Waals surface area (Å²) in [7, 11) is 0. The van der Waals surface area contributed by atoms with Gasteiger partial charge in [-0.25, -0.2) is 0 Å². The van der Waals surface area contributed by atoms with E-state index in [4.69, 9.17) is 4.42 Å². The van der Waals surface area contributed by atoms with E-state index in [1.807, 2.05) is 42.5 Å². The first kappa shape index (κ1) is 12.5. The van der Waals surface area contributed by atoms with Crippen molar-refractivity contribution in [2.24, 2.45) is 0 Å². The van der Waals surface area contributed by atoms with Gasteiger partial charge in [0.25, 0.3) is 0 Å². The van der Waals surface area contributed by atoms with E-state index in [2.05, 4.69) is 47.8 Å². The SMILES string of the molecule is Brc1ccc(-c2cc3cc(Br)cc(Br)c3o2)cc1. The number of hydrogen-bond acceptors (Lipinski definition) is 1. The Labute approximate surface area is 130 Å². The van der Waals surface area contributed by atoms with Crippen molar-refractivity contribution in [1.29, 1.82) is 0 Å². The quantitative estimate of drug-likeness (QED) is 0.436. The molecule has 0 bridgehead atoms. The second-order valence-electron chi connectivity index (χ2n) is 3.92. The molecule has 18 heavy (non-hydrogen) atoms. The Hall–Kier alpha value is -0.580. The molecule has 0 aliphatic heterocycles. The molecule has 0 unspecified atom stereocenters. The van der Waals surface area contributed by atoms with Crippen LogP contribution < -0.4 is 0 Å². The van der Waals surface area contributed by atoms with Crippen LogP contribution in [0.4, 0.5) is 0 Å². The van der Waals surface area contributed by atoms with Crippen molar-refractivity contribution >= 4 is 58.8 Å². The lowest BCUT2D eigenvalue weighted by atomic mass is 10.1. The monoisotopic (exact) mass is 428 g/mol. The summed E-state index contributed by atoms with van der Waals surface area (Å²) in [6.45, 7) is 0. The van der Waals surface area contributed by atoms with Gasteiger partial charge in [0.2, 0.25) is 0 Å². The minimum absolute atomic E-state index is 0.871. The van der Waals surface area contributed by atoms with Gasteiger partial charge in [-0.05, 0) is 46.3 Å². The van der Waals surface area contributed by atoms with Gasteiger partial charge in [-0.2, -0.15) is 0 Å². The minimum atomic E-state index is 0.871. The second-order valence-corrected chi connectivity index (χ2v) is 6.61. The number of benzene rings is 2. The molecule has 0 aliphatic rings. The predicted molar refractivity (Wildman–Crippen MR) is 84.8 cm³/mol. The molecule has 0 radical (unpaired) electrons. The van der Waals surface area contributed by atoms with Gasteiger partial charge in [-0.1, -0.05) is 44.0 Å². The normalized spacial score (nSPS) is 11.1. The summed E-state index contributed by atoms with van der Waals surface area (Å²) in [5.41, 5.74) is 1.94. The zero-order chi connectivity index (χ0) is 12.7. The van der Waals surface area contributed by atoms with E-state index in [1.165, 1.54) is 0 Å². The third-order valence-electron chi connectivity index (χ3n) is 2.66. The molecule has 0 saturated carbocycles. The molecule has 1 nitrogen and oxygen atoms in total. The van der Waals surface area contributed by atoms with Crippen LogP contribution in [0.15, 0.2) is 60.3 Å². The molecule has 0 saturated heterocycles.